The van der Waals surface area contributed by atoms with Gasteiger partial charge in [0, 0.05) is 18.2 Å². The first-order valence-electron chi connectivity index (χ1n) is 6.88. The molecule has 0 radical (unpaired) electrons. The lowest BCUT2D eigenvalue weighted by molar-refractivity contribution is 0.275. The fourth-order valence-electron chi connectivity index (χ4n) is 3.60. The molecule has 3 rings (SSSR count). The third-order valence-electron chi connectivity index (χ3n) is 4.59. The molecule has 0 saturated heterocycles. The Hall–Kier alpha value is -0.930. The molecule has 2 N–H and O–H groups in total. The normalized spacial score (nSPS) is 30.0. The topological polar surface area (TPSA) is 32.3 Å². The Morgan fingerprint density at radius 2 is 2.17 bits per heavy atom. The molecule has 1 aromatic carbocycles. The lowest BCUT2D eigenvalue weighted by atomic mass is 9.95. The van der Waals surface area contributed by atoms with Crippen molar-refractivity contribution in [3.63, 3.8) is 0 Å². The van der Waals surface area contributed by atoms with Crippen molar-refractivity contribution in [1.29, 1.82) is 0 Å². The van der Waals surface area contributed by atoms with E-state index in [0.717, 1.165) is 23.9 Å². The van der Waals surface area contributed by atoms with E-state index < -0.39 is 0 Å². The average molecular weight is 249 g/mol. The van der Waals surface area contributed by atoms with Crippen molar-refractivity contribution in [3.8, 4) is 0 Å². The summed E-state index contributed by atoms with van der Waals surface area (Å²) in [5, 5.41) is 12.6. The fourth-order valence-corrected chi connectivity index (χ4v) is 3.60. The van der Waals surface area contributed by atoms with Crippen LogP contribution in [0.25, 0.3) is 0 Å². The Morgan fingerprint density at radius 1 is 1.28 bits per heavy atom. The summed E-state index contributed by atoms with van der Waals surface area (Å²) < 4.78 is 13.3. The van der Waals surface area contributed by atoms with Gasteiger partial charge >= 0.3 is 0 Å². The SMILES string of the molecule is OCc1cc(CNC2CC3CCC2C3)ccc1F. The number of fused-ring (bicyclic) bond motifs is 2. The first-order chi connectivity index (χ1) is 8.76. The first kappa shape index (κ1) is 12.1. The van der Waals surface area contributed by atoms with Gasteiger partial charge in [-0.05, 0) is 48.8 Å². The van der Waals surface area contributed by atoms with Crippen LogP contribution in [0.2, 0.25) is 0 Å². The zero-order valence-corrected chi connectivity index (χ0v) is 10.5. The molecule has 2 nitrogen and oxygen atoms in total. The summed E-state index contributed by atoms with van der Waals surface area (Å²) in [6.07, 6.45) is 5.48. The minimum Gasteiger partial charge on any atom is -0.392 e. The molecule has 98 valence electrons. The summed E-state index contributed by atoms with van der Waals surface area (Å²) in [7, 11) is 0. The molecule has 2 fully saturated rings. The predicted molar refractivity (Wildman–Crippen MR) is 68.4 cm³/mol. The van der Waals surface area contributed by atoms with Crippen molar-refractivity contribution >= 4 is 0 Å². The molecule has 2 aliphatic rings. The molecule has 2 bridgehead atoms. The highest BCUT2D eigenvalue weighted by Gasteiger charge is 2.38. The molecule has 2 aliphatic carbocycles. The van der Waals surface area contributed by atoms with E-state index in [1.807, 2.05) is 0 Å². The Kier molecular flexibility index (Phi) is 3.35. The van der Waals surface area contributed by atoms with Crippen LogP contribution >= 0.6 is 0 Å². The molecular weight excluding hydrogens is 229 g/mol. The van der Waals surface area contributed by atoms with E-state index in [1.165, 1.54) is 31.7 Å². The number of nitrogens with one attached hydrogen (secondary N) is 1. The summed E-state index contributed by atoms with van der Waals surface area (Å²) in [6, 6.07) is 5.65. The van der Waals surface area contributed by atoms with E-state index in [-0.39, 0.29) is 12.4 Å². The zero-order chi connectivity index (χ0) is 12.5. The minimum atomic E-state index is -0.318. The molecule has 1 aromatic rings. The summed E-state index contributed by atoms with van der Waals surface area (Å²) in [4.78, 5) is 0. The summed E-state index contributed by atoms with van der Waals surface area (Å²) in [5.41, 5.74) is 1.45. The standard InChI is InChI=1S/C15H20FNO/c16-14-4-2-11(6-13(14)9-18)8-17-15-7-10-1-3-12(15)5-10/h2,4,6,10,12,15,17-18H,1,3,5,7-9H2. The maximum atomic E-state index is 13.3. The number of rotatable bonds is 4. The van der Waals surface area contributed by atoms with Crippen molar-refractivity contribution in [2.24, 2.45) is 11.8 Å². The van der Waals surface area contributed by atoms with Gasteiger partial charge in [-0.2, -0.15) is 0 Å². The maximum Gasteiger partial charge on any atom is 0.128 e. The van der Waals surface area contributed by atoms with Gasteiger partial charge in [0.25, 0.3) is 0 Å². The second-order valence-corrected chi connectivity index (χ2v) is 5.75. The summed E-state index contributed by atoms with van der Waals surface area (Å²) in [6.45, 7) is 0.551. The van der Waals surface area contributed by atoms with E-state index in [0.29, 0.717) is 11.6 Å². The van der Waals surface area contributed by atoms with E-state index in [1.54, 1.807) is 12.1 Å². The highest BCUT2D eigenvalue weighted by Crippen LogP contribution is 2.44. The van der Waals surface area contributed by atoms with Gasteiger partial charge in [-0.15, -0.1) is 0 Å². The van der Waals surface area contributed by atoms with E-state index in [9.17, 15) is 4.39 Å². The number of hydrogen-bond acceptors (Lipinski definition) is 2. The van der Waals surface area contributed by atoms with Gasteiger partial charge in [0.2, 0.25) is 0 Å². The number of halogens is 1. The second kappa shape index (κ2) is 4.98. The molecule has 0 heterocycles. The van der Waals surface area contributed by atoms with Crippen LogP contribution in [0.5, 0.6) is 0 Å². The van der Waals surface area contributed by atoms with Crippen molar-refractivity contribution < 1.29 is 9.50 Å². The molecule has 3 atom stereocenters. The third-order valence-corrected chi connectivity index (χ3v) is 4.59. The van der Waals surface area contributed by atoms with Crippen molar-refractivity contribution in [3.05, 3.63) is 35.1 Å². The lowest BCUT2D eigenvalue weighted by Gasteiger charge is -2.23. The molecular formula is C15H20FNO. The van der Waals surface area contributed by atoms with Gasteiger partial charge in [-0.1, -0.05) is 12.5 Å². The van der Waals surface area contributed by atoms with Crippen LogP contribution < -0.4 is 5.32 Å². The first-order valence-corrected chi connectivity index (χ1v) is 6.88. The van der Waals surface area contributed by atoms with Gasteiger partial charge in [-0.3, -0.25) is 0 Å². The molecule has 0 spiro atoms. The van der Waals surface area contributed by atoms with Crippen molar-refractivity contribution in [1.82, 2.24) is 5.32 Å². The van der Waals surface area contributed by atoms with E-state index in [2.05, 4.69) is 5.32 Å². The molecule has 18 heavy (non-hydrogen) atoms. The van der Waals surface area contributed by atoms with Gasteiger partial charge < -0.3 is 10.4 Å². The second-order valence-electron chi connectivity index (χ2n) is 5.75. The monoisotopic (exact) mass is 249 g/mol. The van der Waals surface area contributed by atoms with Gasteiger partial charge in [0.1, 0.15) is 5.82 Å². The minimum absolute atomic E-state index is 0.228. The highest BCUT2D eigenvalue weighted by atomic mass is 19.1. The van der Waals surface area contributed by atoms with Crippen LogP contribution in [-0.2, 0) is 13.2 Å². The number of aliphatic hydroxyl groups excluding tert-OH is 1. The van der Waals surface area contributed by atoms with Crippen molar-refractivity contribution in [2.45, 2.75) is 44.9 Å². The quantitative estimate of drug-likeness (QED) is 0.859. The van der Waals surface area contributed by atoms with E-state index >= 15 is 0 Å². The molecule has 0 aromatic heterocycles. The Labute approximate surface area is 107 Å². The van der Waals surface area contributed by atoms with Crippen LogP contribution in [-0.4, -0.2) is 11.1 Å². The number of hydrogen-bond donors (Lipinski definition) is 2. The highest BCUT2D eigenvalue weighted by molar-refractivity contribution is 5.24. The molecule has 3 unspecified atom stereocenters. The van der Waals surface area contributed by atoms with Gasteiger partial charge in [0.15, 0.2) is 0 Å². The fraction of sp³-hybridized carbons (Fsp3) is 0.600. The van der Waals surface area contributed by atoms with Crippen LogP contribution in [0.15, 0.2) is 18.2 Å². The third kappa shape index (κ3) is 2.29. The van der Waals surface area contributed by atoms with Crippen LogP contribution in [0.3, 0.4) is 0 Å². The molecule has 0 amide bonds. The molecule has 0 aliphatic heterocycles. The van der Waals surface area contributed by atoms with Crippen LogP contribution in [0.4, 0.5) is 4.39 Å². The zero-order valence-electron chi connectivity index (χ0n) is 10.5. The largest absolute Gasteiger partial charge is 0.392 e. The Morgan fingerprint density at radius 3 is 2.83 bits per heavy atom. The number of benzene rings is 1. The van der Waals surface area contributed by atoms with Crippen LogP contribution in [0, 0.1) is 17.7 Å². The van der Waals surface area contributed by atoms with Crippen molar-refractivity contribution in [2.75, 3.05) is 0 Å². The predicted octanol–water partition coefficient (Wildman–Crippen LogP) is 2.60. The average Bonchev–Trinajstić information content (AvgIpc) is 3.00. The smallest absolute Gasteiger partial charge is 0.128 e. The lowest BCUT2D eigenvalue weighted by Crippen LogP contribution is -2.33. The van der Waals surface area contributed by atoms with E-state index in [4.69, 9.17) is 5.11 Å². The Balaban J connectivity index is 1.60. The molecule has 2 saturated carbocycles. The summed E-state index contributed by atoms with van der Waals surface area (Å²) in [5.74, 6) is 1.47. The maximum absolute atomic E-state index is 13.3. The van der Waals surface area contributed by atoms with Gasteiger partial charge in [-0.25, -0.2) is 4.39 Å². The summed E-state index contributed by atoms with van der Waals surface area (Å²) >= 11 is 0. The van der Waals surface area contributed by atoms with Crippen LogP contribution in [0.1, 0.15) is 36.8 Å². The van der Waals surface area contributed by atoms with Gasteiger partial charge in [0.05, 0.1) is 6.61 Å². The molecule has 3 heteroatoms. The Bertz CT molecular complexity index is 435. The number of aliphatic hydroxyl groups is 1.